The summed E-state index contributed by atoms with van der Waals surface area (Å²) >= 11 is 0. The summed E-state index contributed by atoms with van der Waals surface area (Å²) in [6.07, 6.45) is 2.26. The Labute approximate surface area is 135 Å². The van der Waals surface area contributed by atoms with Gasteiger partial charge in [0, 0.05) is 24.5 Å². The molecule has 1 amide bonds. The molecule has 0 saturated heterocycles. The van der Waals surface area contributed by atoms with E-state index in [2.05, 4.69) is 20.6 Å². The molecule has 0 unspecified atom stereocenters. The number of anilines is 3. The Morgan fingerprint density at radius 1 is 1.39 bits per heavy atom. The fraction of sp³-hybridized carbons (Fsp3) is 0.312. The number of hydrogen-bond donors (Lipinski definition) is 4. The van der Waals surface area contributed by atoms with Crippen LogP contribution in [0.5, 0.6) is 0 Å². The minimum Gasteiger partial charge on any atom is -0.365 e. The lowest BCUT2D eigenvalue weighted by atomic mass is 10.2. The van der Waals surface area contributed by atoms with Crippen molar-refractivity contribution < 1.29 is 4.79 Å². The van der Waals surface area contributed by atoms with Gasteiger partial charge in [0.1, 0.15) is 11.4 Å². The van der Waals surface area contributed by atoms with Crippen LogP contribution in [0.25, 0.3) is 0 Å². The molecule has 0 aliphatic rings. The van der Waals surface area contributed by atoms with Crippen LogP contribution in [0.1, 0.15) is 29.3 Å². The van der Waals surface area contributed by atoms with Gasteiger partial charge in [-0.2, -0.15) is 4.98 Å². The number of amides is 1. The summed E-state index contributed by atoms with van der Waals surface area (Å²) in [5.74, 6) is 0.187. The molecule has 7 heteroatoms. The number of primary amides is 1. The van der Waals surface area contributed by atoms with Gasteiger partial charge in [-0.25, -0.2) is 4.98 Å². The zero-order chi connectivity index (χ0) is 16.8. The first-order valence-electron chi connectivity index (χ1n) is 7.50. The lowest BCUT2D eigenvalue weighted by molar-refractivity contribution is 0.100. The number of nitrogens with one attached hydrogen (secondary N) is 2. The maximum Gasteiger partial charge on any atom is 0.254 e. The number of aromatic nitrogens is 2. The van der Waals surface area contributed by atoms with Crippen LogP contribution >= 0.6 is 0 Å². The Morgan fingerprint density at radius 2 is 2.17 bits per heavy atom. The summed E-state index contributed by atoms with van der Waals surface area (Å²) < 4.78 is 0. The number of hydrogen-bond acceptors (Lipinski definition) is 6. The fourth-order valence-corrected chi connectivity index (χ4v) is 2.10. The maximum absolute atomic E-state index is 11.6. The zero-order valence-electron chi connectivity index (χ0n) is 13.3. The summed E-state index contributed by atoms with van der Waals surface area (Å²) in [7, 11) is 0. The van der Waals surface area contributed by atoms with E-state index in [1.165, 1.54) is 6.20 Å². The second-order valence-electron chi connectivity index (χ2n) is 5.30. The average Bonchev–Trinajstić information content (AvgIpc) is 2.52. The van der Waals surface area contributed by atoms with Crippen molar-refractivity contribution in [3.8, 4) is 0 Å². The molecule has 0 aliphatic carbocycles. The van der Waals surface area contributed by atoms with E-state index >= 15 is 0 Å². The Kier molecular flexibility index (Phi) is 5.48. The molecule has 0 aliphatic heterocycles. The summed E-state index contributed by atoms with van der Waals surface area (Å²) in [5.41, 5.74) is 13.2. The number of benzene rings is 1. The summed E-state index contributed by atoms with van der Waals surface area (Å²) in [5, 5.41) is 6.26. The smallest absolute Gasteiger partial charge is 0.254 e. The molecule has 0 fully saturated rings. The first-order chi connectivity index (χ1) is 11.0. The van der Waals surface area contributed by atoms with Gasteiger partial charge < -0.3 is 22.1 Å². The lowest BCUT2D eigenvalue weighted by Crippen LogP contribution is -2.29. The minimum absolute atomic E-state index is 0.0706. The van der Waals surface area contributed by atoms with Crippen molar-refractivity contribution in [3.05, 3.63) is 41.6 Å². The van der Waals surface area contributed by atoms with E-state index in [1.807, 2.05) is 38.1 Å². The third-order valence-electron chi connectivity index (χ3n) is 3.45. The first-order valence-corrected chi connectivity index (χ1v) is 7.50. The Hall–Kier alpha value is -2.67. The minimum atomic E-state index is -0.586. The molecule has 0 spiro atoms. The standard InChI is InChI=1S/C16H22N6O/c1-3-11(8-17)21-16-19-9-13(14(18)23)15(22-16)20-12-6-4-5-10(2)7-12/h4-7,9,11H,3,8,17H2,1-2H3,(H2,18,23)(H2,19,20,21,22)/t11-/m1/s1. The van der Waals surface area contributed by atoms with Crippen LogP contribution in [0.2, 0.25) is 0 Å². The monoisotopic (exact) mass is 314 g/mol. The first kappa shape index (κ1) is 16.7. The SMILES string of the molecule is CC[C@H](CN)Nc1ncc(C(N)=O)c(Nc2cccc(C)c2)n1. The molecule has 6 N–H and O–H groups in total. The van der Waals surface area contributed by atoms with Crippen LogP contribution in [0, 0.1) is 6.92 Å². The van der Waals surface area contributed by atoms with Crippen molar-refractivity contribution in [2.75, 3.05) is 17.2 Å². The van der Waals surface area contributed by atoms with E-state index in [0.29, 0.717) is 18.3 Å². The highest BCUT2D eigenvalue weighted by molar-refractivity contribution is 5.98. The highest BCUT2D eigenvalue weighted by Gasteiger charge is 2.14. The van der Waals surface area contributed by atoms with Crippen molar-refractivity contribution in [1.82, 2.24) is 9.97 Å². The van der Waals surface area contributed by atoms with Crippen molar-refractivity contribution in [2.45, 2.75) is 26.3 Å². The van der Waals surface area contributed by atoms with Crippen LogP contribution in [0.15, 0.2) is 30.5 Å². The number of rotatable bonds is 7. The van der Waals surface area contributed by atoms with Crippen molar-refractivity contribution in [3.63, 3.8) is 0 Å². The molecule has 1 atom stereocenters. The number of aryl methyl sites for hydroxylation is 1. The molecule has 23 heavy (non-hydrogen) atoms. The summed E-state index contributed by atoms with van der Waals surface area (Å²) in [6.45, 7) is 4.48. The molecule has 1 heterocycles. The number of carbonyl (C=O) groups is 1. The second kappa shape index (κ2) is 7.55. The molecule has 7 nitrogen and oxygen atoms in total. The Bertz CT molecular complexity index is 684. The molecule has 122 valence electrons. The van der Waals surface area contributed by atoms with E-state index in [0.717, 1.165) is 17.7 Å². The van der Waals surface area contributed by atoms with E-state index < -0.39 is 5.91 Å². The highest BCUT2D eigenvalue weighted by atomic mass is 16.1. The summed E-state index contributed by atoms with van der Waals surface area (Å²) in [6, 6.07) is 7.82. The zero-order valence-corrected chi connectivity index (χ0v) is 13.3. The van der Waals surface area contributed by atoms with Gasteiger partial charge in [0.05, 0.1) is 0 Å². The topological polar surface area (TPSA) is 119 Å². The molecular weight excluding hydrogens is 292 g/mol. The molecular formula is C16H22N6O. The van der Waals surface area contributed by atoms with E-state index in [-0.39, 0.29) is 11.6 Å². The fourth-order valence-electron chi connectivity index (χ4n) is 2.10. The highest BCUT2D eigenvalue weighted by Crippen LogP contribution is 2.20. The normalized spacial score (nSPS) is 11.8. The van der Waals surface area contributed by atoms with Crippen molar-refractivity contribution in [2.24, 2.45) is 11.5 Å². The van der Waals surface area contributed by atoms with Gasteiger partial charge >= 0.3 is 0 Å². The molecule has 2 aromatic rings. The molecule has 0 radical (unpaired) electrons. The molecule has 1 aromatic heterocycles. The van der Waals surface area contributed by atoms with E-state index in [1.54, 1.807) is 0 Å². The van der Waals surface area contributed by atoms with Crippen LogP contribution in [-0.2, 0) is 0 Å². The Morgan fingerprint density at radius 3 is 2.78 bits per heavy atom. The Balaban J connectivity index is 2.32. The van der Waals surface area contributed by atoms with Crippen LogP contribution in [0.4, 0.5) is 17.5 Å². The van der Waals surface area contributed by atoms with Crippen LogP contribution in [0.3, 0.4) is 0 Å². The van der Waals surface area contributed by atoms with Gasteiger partial charge in [-0.05, 0) is 31.0 Å². The number of nitrogens with zero attached hydrogens (tertiary/aromatic N) is 2. The largest absolute Gasteiger partial charge is 0.365 e. The van der Waals surface area contributed by atoms with Crippen molar-refractivity contribution in [1.29, 1.82) is 0 Å². The van der Waals surface area contributed by atoms with Gasteiger partial charge in [0.15, 0.2) is 0 Å². The second-order valence-corrected chi connectivity index (χ2v) is 5.30. The summed E-state index contributed by atoms with van der Waals surface area (Å²) in [4.78, 5) is 20.1. The van der Waals surface area contributed by atoms with Gasteiger partial charge in [-0.3, -0.25) is 4.79 Å². The van der Waals surface area contributed by atoms with E-state index in [4.69, 9.17) is 11.5 Å². The van der Waals surface area contributed by atoms with Gasteiger partial charge in [0.2, 0.25) is 5.95 Å². The van der Waals surface area contributed by atoms with E-state index in [9.17, 15) is 4.79 Å². The van der Waals surface area contributed by atoms with Gasteiger partial charge in [-0.1, -0.05) is 19.1 Å². The number of nitrogens with two attached hydrogens (primary N) is 2. The molecule has 1 aromatic carbocycles. The molecule has 0 saturated carbocycles. The van der Waals surface area contributed by atoms with Crippen LogP contribution in [-0.4, -0.2) is 28.5 Å². The predicted octanol–water partition coefficient (Wildman–Crippen LogP) is 1.78. The molecule has 2 rings (SSSR count). The third-order valence-corrected chi connectivity index (χ3v) is 3.45. The predicted molar refractivity (Wildman–Crippen MR) is 91.8 cm³/mol. The average molecular weight is 314 g/mol. The van der Waals surface area contributed by atoms with Gasteiger partial charge in [-0.15, -0.1) is 0 Å². The number of carbonyl (C=O) groups excluding carboxylic acids is 1. The third kappa shape index (κ3) is 4.40. The maximum atomic E-state index is 11.6. The molecule has 0 bridgehead atoms. The lowest BCUT2D eigenvalue weighted by Gasteiger charge is -2.16. The van der Waals surface area contributed by atoms with Crippen LogP contribution < -0.4 is 22.1 Å². The van der Waals surface area contributed by atoms with Gasteiger partial charge in [0.25, 0.3) is 5.91 Å². The van der Waals surface area contributed by atoms with Crippen molar-refractivity contribution >= 4 is 23.4 Å². The quantitative estimate of drug-likeness (QED) is 0.618.